The van der Waals surface area contributed by atoms with Crippen LogP contribution in [-0.2, 0) is 0 Å². The Balaban J connectivity index is 1.97. The number of nitrogens with one attached hydrogen (secondary N) is 2. The molecule has 104 valence electrons. The maximum atomic E-state index is 13.2. The van der Waals surface area contributed by atoms with E-state index in [1.165, 1.54) is 11.8 Å². The lowest BCUT2D eigenvalue weighted by atomic mass is 10.2. The fraction of sp³-hybridized carbons (Fsp3) is 0.500. The van der Waals surface area contributed by atoms with Crippen LogP contribution in [0.2, 0.25) is 0 Å². The van der Waals surface area contributed by atoms with E-state index in [0.717, 1.165) is 17.7 Å². The number of hydrogen-bond acceptors (Lipinski definition) is 5. The molecule has 1 amide bonds. The molecule has 1 aliphatic heterocycles. The number of thioether (sulfide) groups is 2. The normalized spacial score (nSPS) is 18.9. The Morgan fingerprint density at radius 3 is 3.11 bits per heavy atom. The SMILES string of the molecule is CNc1ncc(F)cc1C(=O)NCC1CSCCS1. The van der Waals surface area contributed by atoms with Gasteiger partial charge < -0.3 is 10.6 Å². The minimum atomic E-state index is -0.508. The number of anilines is 1. The predicted molar refractivity (Wildman–Crippen MR) is 79.6 cm³/mol. The Hall–Kier alpha value is -0.950. The van der Waals surface area contributed by atoms with E-state index in [2.05, 4.69) is 15.6 Å². The van der Waals surface area contributed by atoms with E-state index < -0.39 is 5.82 Å². The predicted octanol–water partition coefficient (Wildman–Crippen LogP) is 1.84. The van der Waals surface area contributed by atoms with Crippen LogP contribution in [0, 0.1) is 5.82 Å². The van der Waals surface area contributed by atoms with E-state index in [4.69, 9.17) is 0 Å². The number of halogens is 1. The summed E-state index contributed by atoms with van der Waals surface area (Å²) in [6.07, 6.45) is 1.09. The molecular weight excluding hydrogens is 285 g/mol. The molecule has 0 aromatic carbocycles. The molecule has 1 saturated heterocycles. The Morgan fingerprint density at radius 2 is 2.42 bits per heavy atom. The zero-order chi connectivity index (χ0) is 13.7. The maximum absolute atomic E-state index is 13.2. The van der Waals surface area contributed by atoms with E-state index in [1.807, 2.05) is 23.5 Å². The van der Waals surface area contributed by atoms with Crippen LogP contribution in [0.3, 0.4) is 0 Å². The van der Waals surface area contributed by atoms with Crippen LogP contribution in [0.5, 0.6) is 0 Å². The molecule has 0 radical (unpaired) electrons. The van der Waals surface area contributed by atoms with Crippen molar-refractivity contribution >= 4 is 35.2 Å². The van der Waals surface area contributed by atoms with Crippen LogP contribution in [0.1, 0.15) is 10.4 Å². The van der Waals surface area contributed by atoms with Crippen LogP contribution in [-0.4, -0.2) is 47.0 Å². The average Bonchev–Trinajstić information content (AvgIpc) is 2.46. The van der Waals surface area contributed by atoms with Gasteiger partial charge in [0.15, 0.2) is 0 Å². The zero-order valence-corrected chi connectivity index (χ0v) is 12.2. The smallest absolute Gasteiger partial charge is 0.255 e. The third kappa shape index (κ3) is 4.01. The first-order valence-electron chi connectivity index (χ1n) is 6.01. The number of pyridine rings is 1. The number of nitrogens with zero attached hydrogens (tertiary/aromatic N) is 1. The van der Waals surface area contributed by atoms with Gasteiger partial charge in [0.1, 0.15) is 11.6 Å². The lowest BCUT2D eigenvalue weighted by molar-refractivity contribution is 0.0954. The van der Waals surface area contributed by atoms with Crippen molar-refractivity contribution in [2.75, 3.05) is 36.2 Å². The van der Waals surface area contributed by atoms with Crippen LogP contribution in [0.4, 0.5) is 10.2 Å². The number of carbonyl (C=O) groups excluding carboxylic acids is 1. The maximum Gasteiger partial charge on any atom is 0.255 e. The molecule has 2 N–H and O–H groups in total. The summed E-state index contributed by atoms with van der Waals surface area (Å²) in [6, 6.07) is 1.21. The van der Waals surface area contributed by atoms with Gasteiger partial charge >= 0.3 is 0 Å². The molecule has 0 spiro atoms. The zero-order valence-electron chi connectivity index (χ0n) is 10.6. The molecule has 1 fully saturated rings. The van der Waals surface area contributed by atoms with Gasteiger partial charge in [-0.05, 0) is 6.07 Å². The number of aromatic nitrogens is 1. The van der Waals surface area contributed by atoms with Crippen LogP contribution >= 0.6 is 23.5 Å². The van der Waals surface area contributed by atoms with Crippen molar-refractivity contribution in [2.24, 2.45) is 0 Å². The summed E-state index contributed by atoms with van der Waals surface area (Å²) in [4.78, 5) is 15.9. The van der Waals surface area contributed by atoms with Crippen molar-refractivity contribution in [1.82, 2.24) is 10.3 Å². The molecule has 1 aromatic heterocycles. The van der Waals surface area contributed by atoms with Crippen LogP contribution in [0.25, 0.3) is 0 Å². The van der Waals surface area contributed by atoms with Crippen molar-refractivity contribution in [3.05, 3.63) is 23.6 Å². The molecule has 1 unspecified atom stereocenters. The third-order valence-corrected chi connectivity index (χ3v) is 5.56. The van der Waals surface area contributed by atoms with Crippen LogP contribution < -0.4 is 10.6 Å². The lowest BCUT2D eigenvalue weighted by Crippen LogP contribution is -2.33. The van der Waals surface area contributed by atoms with Crippen molar-refractivity contribution in [2.45, 2.75) is 5.25 Å². The standard InChI is InChI=1S/C12H16FN3OS2/c1-14-11-10(4-8(13)5-15-11)12(17)16-6-9-7-18-2-3-19-9/h4-5,9H,2-3,6-7H2,1H3,(H,14,15)(H,16,17). The molecule has 0 aliphatic carbocycles. The first-order valence-corrected chi connectivity index (χ1v) is 8.22. The molecule has 1 aliphatic rings. The van der Waals surface area contributed by atoms with E-state index in [-0.39, 0.29) is 11.5 Å². The highest BCUT2D eigenvalue weighted by molar-refractivity contribution is 8.06. The number of amides is 1. The highest BCUT2D eigenvalue weighted by Crippen LogP contribution is 2.23. The van der Waals surface area contributed by atoms with Gasteiger partial charge in [-0.1, -0.05) is 0 Å². The molecule has 0 bridgehead atoms. The first-order chi connectivity index (χ1) is 9.20. The van der Waals surface area contributed by atoms with E-state index in [1.54, 1.807) is 7.05 Å². The van der Waals surface area contributed by atoms with Crippen LogP contribution in [0.15, 0.2) is 12.3 Å². The summed E-state index contributed by atoms with van der Waals surface area (Å²) >= 11 is 3.78. The Morgan fingerprint density at radius 1 is 1.58 bits per heavy atom. The first kappa shape index (κ1) is 14.5. The summed E-state index contributed by atoms with van der Waals surface area (Å²) in [5, 5.41) is 6.08. The fourth-order valence-electron chi connectivity index (χ4n) is 1.77. The number of carbonyl (C=O) groups is 1. The van der Waals surface area contributed by atoms with E-state index in [9.17, 15) is 9.18 Å². The van der Waals surface area contributed by atoms with Crippen molar-refractivity contribution < 1.29 is 9.18 Å². The van der Waals surface area contributed by atoms with Gasteiger partial charge in [0.25, 0.3) is 5.91 Å². The topological polar surface area (TPSA) is 54.0 Å². The summed E-state index contributed by atoms with van der Waals surface area (Å²) in [7, 11) is 1.66. The quantitative estimate of drug-likeness (QED) is 0.889. The Bertz CT molecular complexity index is 453. The van der Waals surface area contributed by atoms with Crippen molar-refractivity contribution in [3.8, 4) is 0 Å². The molecule has 7 heteroatoms. The molecular formula is C12H16FN3OS2. The average molecular weight is 301 g/mol. The second-order valence-corrected chi connectivity index (χ2v) is 6.64. The van der Waals surface area contributed by atoms with Gasteiger partial charge in [-0.25, -0.2) is 9.37 Å². The summed E-state index contributed by atoms with van der Waals surface area (Å²) in [5.74, 6) is 2.94. The van der Waals surface area contributed by atoms with E-state index in [0.29, 0.717) is 17.6 Å². The second kappa shape index (κ2) is 7.00. The minimum absolute atomic E-state index is 0.246. The van der Waals surface area contributed by atoms with Gasteiger partial charge in [-0.2, -0.15) is 23.5 Å². The molecule has 0 saturated carbocycles. The Labute approximate surface area is 120 Å². The molecule has 19 heavy (non-hydrogen) atoms. The second-order valence-electron chi connectivity index (χ2n) is 4.08. The van der Waals surface area contributed by atoms with Gasteiger partial charge in [0.2, 0.25) is 0 Å². The largest absolute Gasteiger partial charge is 0.372 e. The van der Waals surface area contributed by atoms with Crippen molar-refractivity contribution in [1.29, 1.82) is 0 Å². The molecule has 1 aromatic rings. The molecule has 2 heterocycles. The Kier molecular flexibility index (Phi) is 5.33. The molecule has 1 atom stereocenters. The third-order valence-electron chi connectivity index (χ3n) is 2.71. The fourth-order valence-corrected chi connectivity index (χ4v) is 4.38. The minimum Gasteiger partial charge on any atom is -0.372 e. The summed E-state index contributed by atoms with van der Waals surface area (Å²) in [6.45, 7) is 0.607. The van der Waals surface area contributed by atoms with Crippen molar-refractivity contribution in [3.63, 3.8) is 0 Å². The molecule has 2 rings (SSSR count). The van der Waals surface area contributed by atoms with Gasteiger partial charge in [-0.15, -0.1) is 0 Å². The van der Waals surface area contributed by atoms with Gasteiger partial charge in [-0.3, -0.25) is 4.79 Å². The molecule has 4 nitrogen and oxygen atoms in total. The number of hydrogen-bond donors (Lipinski definition) is 2. The summed E-state index contributed by atoms with van der Waals surface area (Å²) in [5.41, 5.74) is 0.246. The lowest BCUT2D eigenvalue weighted by Gasteiger charge is -2.21. The van der Waals surface area contributed by atoms with Gasteiger partial charge in [0.05, 0.1) is 11.8 Å². The van der Waals surface area contributed by atoms with Gasteiger partial charge in [0, 0.05) is 36.1 Å². The van der Waals surface area contributed by atoms with E-state index >= 15 is 0 Å². The summed E-state index contributed by atoms with van der Waals surface area (Å²) < 4.78 is 13.2. The number of rotatable bonds is 4. The highest BCUT2D eigenvalue weighted by Gasteiger charge is 2.17. The monoisotopic (exact) mass is 301 g/mol. The highest BCUT2D eigenvalue weighted by atomic mass is 32.2.